The van der Waals surface area contributed by atoms with Crippen LogP contribution in [0.3, 0.4) is 0 Å². The molecule has 1 amide bonds. The van der Waals surface area contributed by atoms with Gasteiger partial charge in [0.05, 0.1) is 12.1 Å². The number of benzene rings is 1. The molecule has 2 aromatic rings. The molecule has 0 aliphatic heterocycles. The Hall–Kier alpha value is -1.79. The largest absolute Gasteiger partial charge is 0.396 e. The lowest BCUT2D eigenvalue weighted by Crippen LogP contribution is -2.38. The third kappa shape index (κ3) is 4.89. The van der Waals surface area contributed by atoms with Crippen molar-refractivity contribution in [3.63, 3.8) is 0 Å². The topological polar surface area (TPSA) is 75.4 Å². The molecule has 0 aliphatic rings. The third-order valence-electron chi connectivity index (χ3n) is 3.17. The summed E-state index contributed by atoms with van der Waals surface area (Å²) in [6, 6.07) is 11.4. The van der Waals surface area contributed by atoms with E-state index in [1.807, 2.05) is 36.6 Å². The predicted octanol–water partition coefficient (Wildman–Crippen LogP) is 2.11. The van der Waals surface area contributed by atoms with Gasteiger partial charge < -0.3 is 14.9 Å². The zero-order chi connectivity index (χ0) is 15.8. The molecule has 1 atom stereocenters. The molecule has 22 heavy (non-hydrogen) atoms. The fourth-order valence-corrected chi connectivity index (χ4v) is 2.78. The minimum atomic E-state index is -0.111. The van der Waals surface area contributed by atoms with Gasteiger partial charge >= 0.3 is 0 Å². The molecule has 6 heteroatoms. The fraction of sp³-hybridized carbons (Fsp3) is 0.375. The summed E-state index contributed by atoms with van der Waals surface area (Å²) in [4.78, 5) is 12.0. The van der Waals surface area contributed by atoms with Crippen LogP contribution in [0.5, 0.6) is 0 Å². The highest BCUT2D eigenvalue weighted by molar-refractivity contribution is 7.98. The molecule has 0 fully saturated rings. The second kappa shape index (κ2) is 8.60. The Morgan fingerprint density at radius 2 is 2.18 bits per heavy atom. The number of aromatic nitrogens is 1. The molecule has 1 unspecified atom stereocenters. The van der Waals surface area contributed by atoms with Crippen molar-refractivity contribution in [3.05, 3.63) is 42.1 Å². The number of carbonyl (C=O) groups excluding carboxylic acids is 1. The van der Waals surface area contributed by atoms with Gasteiger partial charge in [-0.15, -0.1) is 0 Å². The molecule has 2 N–H and O–H groups in total. The Labute approximate surface area is 134 Å². The zero-order valence-electron chi connectivity index (χ0n) is 12.5. The van der Waals surface area contributed by atoms with Gasteiger partial charge in [-0.05, 0) is 12.7 Å². The first kappa shape index (κ1) is 16.6. The molecular formula is C16H20N2O3S. The second-order valence-corrected chi connectivity index (χ2v) is 5.87. The van der Waals surface area contributed by atoms with Crippen molar-refractivity contribution in [1.29, 1.82) is 0 Å². The lowest BCUT2D eigenvalue weighted by Gasteiger charge is -2.16. The number of amides is 1. The van der Waals surface area contributed by atoms with Crippen molar-refractivity contribution >= 4 is 17.7 Å². The van der Waals surface area contributed by atoms with Crippen LogP contribution in [-0.4, -0.2) is 40.8 Å². The SMILES string of the molecule is CSCC(CCO)NC(=O)Cc1cc(-c2ccccc2)on1. The zero-order valence-corrected chi connectivity index (χ0v) is 13.3. The number of hydrogen-bond donors (Lipinski definition) is 2. The van der Waals surface area contributed by atoms with E-state index < -0.39 is 0 Å². The molecule has 0 aliphatic carbocycles. The molecule has 1 aromatic carbocycles. The van der Waals surface area contributed by atoms with Crippen molar-refractivity contribution in [1.82, 2.24) is 10.5 Å². The van der Waals surface area contributed by atoms with E-state index in [-0.39, 0.29) is 25.0 Å². The van der Waals surface area contributed by atoms with Crippen LogP contribution in [0.2, 0.25) is 0 Å². The Kier molecular flexibility index (Phi) is 6.48. The van der Waals surface area contributed by atoms with Crippen LogP contribution in [0, 0.1) is 0 Å². The van der Waals surface area contributed by atoms with Crippen LogP contribution in [0.4, 0.5) is 0 Å². The molecule has 0 bridgehead atoms. The van der Waals surface area contributed by atoms with Gasteiger partial charge in [-0.3, -0.25) is 4.79 Å². The Morgan fingerprint density at radius 3 is 2.86 bits per heavy atom. The molecule has 0 radical (unpaired) electrons. The van der Waals surface area contributed by atoms with E-state index in [0.717, 1.165) is 11.3 Å². The van der Waals surface area contributed by atoms with Crippen molar-refractivity contribution in [2.75, 3.05) is 18.6 Å². The van der Waals surface area contributed by atoms with Gasteiger partial charge in [0.2, 0.25) is 5.91 Å². The summed E-state index contributed by atoms with van der Waals surface area (Å²) >= 11 is 1.64. The minimum absolute atomic E-state index is 0.0204. The van der Waals surface area contributed by atoms with Gasteiger partial charge in [0.1, 0.15) is 0 Å². The van der Waals surface area contributed by atoms with Gasteiger partial charge in [0.25, 0.3) is 0 Å². The maximum atomic E-state index is 12.0. The van der Waals surface area contributed by atoms with Gasteiger partial charge in [-0.1, -0.05) is 35.5 Å². The van der Waals surface area contributed by atoms with Gasteiger partial charge in [0.15, 0.2) is 5.76 Å². The highest BCUT2D eigenvalue weighted by Gasteiger charge is 2.14. The van der Waals surface area contributed by atoms with E-state index in [4.69, 9.17) is 9.63 Å². The first-order valence-corrected chi connectivity index (χ1v) is 8.52. The van der Waals surface area contributed by atoms with Crippen molar-refractivity contribution in [2.45, 2.75) is 18.9 Å². The standard InChI is InChI=1S/C16H20N2O3S/c1-22-11-13(7-8-19)17-16(20)10-14-9-15(21-18-14)12-5-3-2-4-6-12/h2-6,9,13,19H,7-8,10-11H2,1H3,(H,17,20). The number of carbonyl (C=O) groups is 1. The first-order chi connectivity index (χ1) is 10.7. The number of thioether (sulfide) groups is 1. The molecular weight excluding hydrogens is 300 g/mol. The van der Waals surface area contributed by atoms with E-state index in [0.29, 0.717) is 17.9 Å². The summed E-state index contributed by atoms with van der Waals surface area (Å²) in [5.74, 6) is 1.32. The number of aliphatic hydroxyl groups is 1. The second-order valence-electron chi connectivity index (χ2n) is 4.96. The number of nitrogens with zero attached hydrogens (tertiary/aromatic N) is 1. The monoisotopic (exact) mass is 320 g/mol. The van der Waals surface area contributed by atoms with E-state index >= 15 is 0 Å². The summed E-state index contributed by atoms with van der Waals surface area (Å²) < 4.78 is 5.28. The number of hydrogen-bond acceptors (Lipinski definition) is 5. The van der Waals surface area contributed by atoms with E-state index in [2.05, 4.69) is 10.5 Å². The van der Waals surface area contributed by atoms with Crippen LogP contribution in [0.15, 0.2) is 40.9 Å². The molecule has 0 spiro atoms. The molecule has 0 saturated heterocycles. The maximum Gasteiger partial charge on any atom is 0.226 e. The number of aliphatic hydroxyl groups excluding tert-OH is 1. The summed E-state index contributed by atoms with van der Waals surface area (Å²) in [7, 11) is 0. The lowest BCUT2D eigenvalue weighted by atomic mass is 10.1. The summed E-state index contributed by atoms with van der Waals surface area (Å²) in [6.45, 7) is 0.0631. The van der Waals surface area contributed by atoms with Crippen LogP contribution in [0.25, 0.3) is 11.3 Å². The van der Waals surface area contributed by atoms with E-state index in [1.165, 1.54) is 0 Å². The van der Waals surface area contributed by atoms with Crippen molar-refractivity contribution in [3.8, 4) is 11.3 Å². The predicted molar refractivity (Wildman–Crippen MR) is 87.7 cm³/mol. The molecule has 5 nitrogen and oxygen atoms in total. The molecule has 0 saturated carbocycles. The van der Waals surface area contributed by atoms with Crippen molar-refractivity contribution < 1.29 is 14.4 Å². The maximum absolute atomic E-state index is 12.0. The van der Waals surface area contributed by atoms with Crippen LogP contribution in [0.1, 0.15) is 12.1 Å². The fourth-order valence-electron chi connectivity index (χ4n) is 2.13. The van der Waals surface area contributed by atoms with Gasteiger partial charge in [-0.2, -0.15) is 11.8 Å². The minimum Gasteiger partial charge on any atom is -0.396 e. The molecule has 1 aromatic heterocycles. The normalized spacial score (nSPS) is 12.1. The molecule has 118 valence electrons. The van der Waals surface area contributed by atoms with Crippen molar-refractivity contribution in [2.24, 2.45) is 0 Å². The van der Waals surface area contributed by atoms with E-state index in [9.17, 15) is 4.79 Å². The lowest BCUT2D eigenvalue weighted by molar-refractivity contribution is -0.121. The van der Waals surface area contributed by atoms with Crippen LogP contribution in [-0.2, 0) is 11.2 Å². The quantitative estimate of drug-likeness (QED) is 0.779. The average Bonchev–Trinajstić information content (AvgIpc) is 2.97. The smallest absolute Gasteiger partial charge is 0.226 e. The number of rotatable bonds is 8. The van der Waals surface area contributed by atoms with Gasteiger partial charge in [0, 0.05) is 30.0 Å². The Morgan fingerprint density at radius 1 is 1.41 bits per heavy atom. The summed E-state index contributed by atoms with van der Waals surface area (Å²) in [6.07, 6.45) is 2.70. The Balaban J connectivity index is 1.93. The first-order valence-electron chi connectivity index (χ1n) is 7.13. The molecule has 2 rings (SSSR count). The van der Waals surface area contributed by atoms with E-state index in [1.54, 1.807) is 17.8 Å². The molecule has 1 heterocycles. The highest BCUT2D eigenvalue weighted by Crippen LogP contribution is 2.19. The number of nitrogens with one attached hydrogen (secondary N) is 1. The van der Waals surface area contributed by atoms with Gasteiger partial charge in [-0.25, -0.2) is 0 Å². The third-order valence-corrected chi connectivity index (χ3v) is 3.91. The van der Waals surface area contributed by atoms with Crippen LogP contribution >= 0.6 is 11.8 Å². The van der Waals surface area contributed by atoms with Crippen LogP contribution < -0.4 is 5.32 Å². The Bertz CT molecular complexity index is 580. The average molecular weight is 320 g/mol. The summed E-state index contributed by atoms with van der Waals surface area (Å²) in [5.41, 5.74) is 1.53. The summed E-state index contributed by atoms with van der Waals surface area (Å²) in [5, 5.41) is 15.9. The highest BCUT2D eigenvalue weighted by atomic mass is 32.2.